The summed E-state index contributed by atoms with van der Waals surface area (Å²) in [7, 11) is 4.62. The number of esters is 1. The summed E-state index contributed by atoms with van der Waals surface area (Å²) < 4.78 is 21.3. The van der Waals surface area contributed by atoms with Crippen molar-refractivity contribution in [1.29, 1.82) is 0 Å². The van der Waals surface area contributed by atoms with Crippen LogP contribution < -0.4 is 19.1 Å². The van der Waals surface area contributed by atoms with Crippen molar-refractivity contribution in [3.05, 3.63) is 65.2 Å². The number of nitrogens with zero attached hydrogens (tertiary/aromatic N) is 2. The number of hydrogen-bond acceptors (Lipinski definition) is 8. The topological polar surface area (TPSA) is 87.2 Å². The van der Waals surface area contributed by atoms with Gasteiger partial charge in [0.2, 0.25) is 5.91 Å². The molecule has 0 aliphatic heterocycles. The van der Waals surface area contributed by atoms with Crippen LogP contribution in [0.2, 0.25) is 0 Å². The number of rotatable bonds is 9. The Morgan fingerprint density at radius 1 is 1.00 bits per heavy atom. The SMILES string of the molecule is COc1ccccc1N(C(C)=O)c1nc(COC(=O)/C=C/c2cccc(OC)c2OC)cs1. The van der Waals surface area contributed by atoms with Gasteiger partial charge in [-0.05, 0) is 24.3 Å². The Hall–Kier alpha value is -3.85. The summed E-state index contributed by atoms with van der Waals surface area (Å²) in [4.78, 5) is 30.5. The molecular formula is C24H24N2O6S. The molecule has 0 saturated carbocycles. The van der Waals surface area contributed by atoms with Crippen LogP contribution in [-0.2, 0) is 20.9 Å². The smallest absolute Gasteiger partial charge is 0.331 e. The van der Waals surface area contributed by atoms with Gasteiger partial charge in [0.1, 0.15) is 12.4 Å². The fourth-order valence-corrected chi connectivity index (χ4v) is 3.95. The molecule has 0 radical (unpaired) electrons. The van der Waals surface area contributed by atoms with E-state index in [-0.39, 0.29) is 12.5 Å². The minimum Gasteiger partial charge on any atom is -0.495 e. The number of aromatic nitrogens is 1. The lowest BCUT2D eigenvalue weighted by atomic mass is 10.1. The van der Waals surface area contributed by atoms with Gasteiger partial charge < -0.3 is 18.9 Å². The Bertz CT molecular complexity index is 1160. The van der Waals surface area contributed by atoms with Crippen molar-refractivity contribution in [3.8, 4) is 17.2 Å². The van der Waals surface area contributed by atoms with Crippen molar-refractivity contribution in [1.82, 2.24) is 4.98 Å². The van der Waals surface area contributed by atoms with Crippen molar-refractivity contribution >= 4 is 40.1 Å². The maximum absolute atomic E-state index is 12.3. The molecule has 172 valence electrons. The van der Waals surface area contributed by atoms with E-state index >= 15 is 0 Å². The van der Waals surface area contributed by atoms with Gasteiger partial charge in [-0.2, -0.15) is 0 Å². The van der Waals surface area contributed by atoms with E-state index in [1.807, 2.05) is 12.1 Å². The lowest BCUT2D eigenvalue weighted by molar-refractivity contribution is -0.139. The van der Waals surface area contributed by atoms with Crippen LogP contribution in [0.4, 0.5) is 10.8 Å². The van der Waals surface area contributed by atoms with Crippen molar-refractivity contribution in [2.75, 3.05) is 26.2 Å². The maximum atomic E-state index is 12.3. The highest BCUT2D eigenvalue weighted by Gasteiger charge is 2.21. The normalized spacial score (nSPS) is 10.7. The van der Waals surface area contributed by atoms with Crippen LogP contribution in [0.15, 0.2) is 53.9 Å². The highest BCUT2D eigenvalue weighted by Crippen LogP contribution is 2.35. The molecule has 0 aliphatic carbocycles. The molecule has 3 rings (SSSR count). The standard InChI is InChI=1S/C24H24N2O6S/c1-16(27)26(19-9-5-6-10-20(19)29-2)24-25-18(15-33-24)14-32-22(28)13-12-17-8-7-11-21(30-3)23(17)31-4/h5-13,15H,14H2,1-4H3/b13-12+. The second-order valence-corrected chi connectivity index (χ2v) is 7.51. The number of thiazole rings is 1. The first-order valence-electron chi connectivity index (χ1n) is 9.92. The summed E-state index contributed by atoms with van der Waals surface area (Å²) in [6.45, 7) is 1.41. The number of carbonyl (C=O) groups excluding carboxylic acids is 2. The zero-order chi connectivity index (χ0) is 23.8. The van der Waals surface area contributed by atoms with E-state index in [1.165, 1.54) is 36.3 Å². The second kappa shape index (κ2) is 11.1. The minimum absolute atomic E-state index is 0.0351. The van der Waals surface area contributed by atoms with Crippen LogP contribution in [0.5, 0.6) is 17.2 Å². The third-order valence-electron chi connectivity index (χ3n) is 4.57. The molecule has 33 heavy (non-hydrogen) atoms. The third kappa shape index (κ3) is 5.69. The molecule has 0 unspecified atom stereocenters. The van der Waals surface area contributed by atoms with Gasteiger partial charge in [-0.3, -0.25) is 9.69 Å². The van der Waals surface area contributed by atoms with Gasteiger partial charge in [0, 0.05) is 23.9 Å². The number of hydrogen-bond donors (Lipinski definition) is 0. The van der Waals surface area contributed by atoms with Crippen LogP contribution in [0.1, 0.15) is 18.2 Å². The highest BCUT2D eigenvalue weighted by atomic mass is 32.1. The molecule has 8 nitrogen and oxygen atoms in total. The minimum atomic E-state index is -0.539. The Balaban J connectivity index is 1.69. The summed E-state index contributed by atoms with van der Waals surface area (Å²) in [5.41, 5.74) is 1.79. The largest absolute Gasteiger partial charge is 0.495 e. The molecule has 0 saturated heterocycles. The maximum Gasteiger partial charge on any atom is 0.331 e. The number of anilines is 2. The summed E-state index contributed by atoms with van der Waals surface area (Å²) >= 11 is 1.27. The van der Waals surface area contributed by atoms with Gasteiger partial charge >= 0.3 is 5.97 Å². The van der Waals surface area contributed by atoms with Crippen LogP contribution >= 0.6 is 11.3 Å². The van der Waals surface area contributed by atoms with Gasteiger partial charge in [0.05, 0.1) is 32.7 Å². The Kier molecular flexibility index (Phi) is 8.04. The number of para-hydroxylation sites is 3. The number of amides is 1. The van der Waals surface area contributed by atoms with Gasteiger partial charge in [-0.1, -0.05) is 24.3 Å². The average Bonchev–Trinajstić information content (AvgIpc) is 3.29. The third-order valence-corrected chi connectivity index (χ3v) is 5.44. The predicted octanol–water partition coefficient (Wildman–Crippen LogP) is 4.61. The summed E-state index contributed by atoms with van der Waals surface area (Å²) in [5, 5.41) is 2.19. The number of carbonyl (C=O) groups is 2. The number of ether oxygens (including phenoxy) is 4. The van der Waals surface area contributed by atoms with E-state index in [0.717, 1.165) is 0 Å². The predicted molar refractivity (Wildman–Crippen MR) is 126 cm³/mol. The second-order valence-electron chi connectivity index (χ2n) is 6.67. The van der Waals surface area contributed by atoms with Crippen LogP contribution in [0.25, 0.3) is 6.08 Å². The summed E-state index contributed by atoms with van der Waals surface area (Å²) in [6, 6.07) is 12.5. The zero-order valence-electron chi connectivity index (χ0n) is 18.7. The molecule has 0 bridgehead atoms. The van der Waals surface area contributed by atoms with Gasteiger partial charge in [-0.25, -0.2) is 9.78 Å². The van der Waals surface area contributed by atoms with E-state index < -0.39 is 5.97 Å². The Morgan fingerprint density at radius 2 is 1.73 bits per heavy atom. The highest BCUT2D eigenvalue weighted by molar-refractivity contribution is 7.14. The molecule has 1 amide bonds. The van der Waals surface area contributed by atoms with Gasteiger partial charge in [0.15, 0.2) is 16.6 Å². The fourth-order valence-electron chi connectivity index (χ4n) is 3.08. The number of benzene rings is 2. The Labute approximate surface area is 196 Å². The van der Waals surface area contributed by atoms with Gasteiger partial charge in [0.25, 0.3) is 0 Å². The first kappa shape index (κ1) is 23.8. The van der Waals surface area contributed by atoms with Crippen molar-refractivity contribution in [3.63, 3.8) is 0 Å². The zero-order valence-corrected chi connectivity index (χ0v) is 19.5. The van der Waals surface area contributed by atoms with Crippen LogP contribution in [0.3, 0.4) is 0 Å². The first-order valence-corrected chi connectivity index (χ1v) is 10.8. The van der Waals surface area contributed by atoms with E-state index in [2.05, 4.69) is 4.98 Å². The molecular weight excluding hydrogens is 444 g/mol. The van der Waals surface area contributed by atoms with Crippen LogP contribution in [0, 0.1) is 0 Å². The molecule has 0 atom stereocenters. The van der Waals surface area contributed by atoms with E-state index in [1.54, 1.807) is 56.0 Å². The molecule has 3 aromatic rings. The van der Waals surface area contributed by atoms with E-state index in [9.17, 15) is 9.59 Å². The van der Waals surface area contributed by atoms with E-state index in [4.69, 9.17) is 18.9 Å². The number of methoxy groups -OCH3 is 3. The molecule has 0 aliphatic rings. The monoisotopic (exact) mass is 468 g/mol. The fraction of sp³-hybridized carbons (Fsp3) is 0.208. The molecule has 9 heteroatoms. The Morgan fingerprint density at radius 3 is 2.42 bits per heavy atom. The van der Waals surface area contributed by atoms with Crippen molar-refractivity contribution in [2.24, 2.45) is 0 Å². The molecule has 0 N–H and O–H groups in total. The van der Waals surface area contributed by atoms with Crippen LogP contribution in [-0.4, -0.2) is 38.2 Å². The average molecular weight is 469 g/mol. The molecule has 1 aromatic heterocycles. The first-order chi connectivity index (χ1) is 16.0. The molecule has 1 heterocycles. The lowest BCUT2D eigenvalue weighted by Gasteiger charge is -2.20. The summed E-state index contributed by atoms with van der Waals surface area (Å²) in [6.07, 6.45) is 2.90. The molecule has 0 fully saturated rings. The van der Waals surface area contributed by atoms with Crippen molar-refractivity contribution < 1.29 is 28.5 Å². The lowest BCUT2D eigenvalue weighted by Crippen LogP contribution is -2.23. The molecule has 0 spiro atoms. The van der Waals surface area contributed by atoms with Crippen molar-refractivity contribution in [2.45, 2.75) is 13.5 Å². The van der Waals surface area contributed by atoms with E-state index in [0.29, 0.717) is 39.3 Å². The van der Waals surface area contributed by atoms with Gasteiger partial charge in [-0.15, -0.1) is 11.3 Å². The quantitative estimate of drug-likeness (QED) is 0.335. The molecule has 2 aromatic carbocycles. The summed E-state index contributed by atoms with van der Waals surface area (Å²) in [5.74, 6) is 0.881.